The van der Waals surface area contributed by atoms with E-state index in [0.29, 0.717) is 6.42 Å². The lowest BCUT2D eigenvalue weighted by Gasteiger charge is -2.26. The van der Waals surface area contributed by atoms with Gasteiger partial charge in [0.25, 0.3) is 0 Å². The summed E-state index contributed by atoms with van der Waals surface area (Å²) >= 11 is 2.22. The Kier molecular flexibility index (Phi) is 4.12. The molecular formula is C10H13IO3. The van der Waals surface area contributed by atoms with E-state index in [1.54, 1.807) is 0 Å². The molecule has 0 aromatic carbocycles. The summed E-state index contributed by atoms with van der Waals surface area (Å²) in [4.78, 5) is 11.0. The monoisotopic (exact) mass is 308 g/mol. The van der Waals surface area contributed by atoms with E-state index in [9.17, 15) is 9.90 Å². The van der Waals surface area contributed by atoms with Crippen LogP contribution in [0.5, 0.6) is 0 Å². The minimum atomic E-state index is -0.526. The third kappa shape index (κ3) is 2.81. The summed E-state index contributed by atoms with van der Waals surface area (Å²) in [5.41, 5.74) is 1.77. The van der Waals surface area contributed by atoms with Gasteiger partial charge in [-0.1, -0.05) is 34.7 Å². The van der Waals surface area contributed by atoms with Gasteiger partial charge in [0, 0.05) is 10.0 Å². The van der Waals surface area contributed by atoms with E-state index >= 15 is 0 Å². The minimum absolute atomic E-state index is 0.201. The second-order valence-electron chi connectivity index (χ2n) is 3.29. The van der Waals surface area contributed by atoms with E-state index in [1.165, 1.54) is 13.2 Å². The topological polar surface area (TPSA) is 46.5 Å². The number of hydrogen-bond donors (Lipinski definition) is 1. The Bertz CT molecular complexity index is 267. The van der Waals surface area contributed by atoms with Crippen molar-refractivity contribution in [2.45, 2.75) is 22.9 Å². The van der Waals surface area contributed by atoms with Gasteiger partial charge < -0.3 is 9.84 Å². The summed E-state index contributed by atoms with van der Waals surface area (Å²) in [7, 11) is 1.35. The first kappa shape index (κ1) is 11.7. The van der Waals surface area contributed by atoms with Crippen LogP contribution in [0, 0.1) is 0 Å². The lowest BCUT2D eigenvalue weighted by atomic mass is 9.89. The second-order valence-corrected chi connectivity index (χ2v) is 4.80. The molecule has 14 heavy (non-hydrogen) atoms. The van der Waals surface area contributed by atoms with E-state index in [2.05, 4.69) is 33.9 Å². The van der Waals surface area contributed by atoms with Crippen molar-refractivity contribution in [3.63, 3.8) is 0 Å². The zero-order valence-electron chi connectivity index (χ0n) is 8.00. The zero-order valence-corrected chi connectivity index (χ0v) is 10.2. The number of aliphatic hydroxyl groups excluding tert-OH is 1. The molecule has 1 saturated carbocycles. The lowest BCUT2D eigenvalue weighted by molar-refractivity contribution is -0.134. The highest BCUT2D eigenvalue weighted by Gasteiger charge is 2.25. The number of ether oxygens (including phenoxy) is 1. The number of halogens is 1. The molecule has 0 aromatic heterocycles. The standard InChI is InChI=1S/C10H13IO3/c1-6-8(11)3-7(4-9(6)12)5-10(13)14-2/h5,8-9,12H,1,3-4H2,2H3/b7-5-/t8-,9-/m1/s1. The fourth-order valence-electron chi connectivity index (χ4n) is 1.38. The molecule has 4 heteroatoms. The van der Waals surface area contributed by atoms with E-state index in [-0.39, 0.29) is 9.89 Å². The number of aliphatic hydroxyl groups is 1. The first-order valence-corrected chi connectivity index (χ1v) is 5.57. The van der Waals surface area contributed by atoms with E-state index in [0.717, 1.165) is 17.6 Å². The van der Waals surface area contributed by atoms with Gasteiger partial charge in [0.1, 0.15) is 0 Å². The van der Waals surface area contributed by atoms with Crippen molar-refractivity contribution in [1.29, 1.82) is 0 Å². The first-order chi connectivity index (χ1) is 6.54. The first-order valence-electron chi connectivity index (χ1n) is 4.32. The van der Waals surface area contributed by atoms with Crippen molar-refractivity contribution >= 4 is 28.6 Å². The fraction of sp³-hybridized carbons (Fsp3) is 0.500. The van der Waals surface area contributed by atoms with Crippen molar-refractivity contribution in [1.82, 2.24) is 0 Å². The SMILES string of the molecule is C=C1[C@H](O)C/C(=C\C(=O)OC)C[C@H]1I. The smallest absolute Gasteiger partial charge is 0.330 e. The molecule has 1 fully saturated rings. The number of carbonyl (C=O) groups excluding carboxylic acids is 1. The van der Waals surface area contributed by atoms with Crippen LogP contribution >= 0.6 is 22.6 Å². The van der Waals surface area contributed by atoms with Gasteiger partial charge in [0.15, 0.2) is 0 Å². The molecule has 1 rings (SSSR count). The van der Waals surface area contributed by atoms with Crippen molar-refractivity contribution in [2.75, 3.05) is 7.11 Å². The summed E-state index contributed by atoms with van der Waals surface area (Å²) < 4.78 is 4.73. The zero-order chi connectivity index (χ0) is 10.7. The second kappa shape index (κ2) is 4.93. The minimum Gasteiger partial charge on any atom is -0.466 e. The van der Waals surface area contributed by atoms with Crippen LogP contribution in [0.1, 0.15) is 12.8 Å². The molecule has 78 valence electrons. The molecule has 0 radical (unpaired) electrons. The van der Waals surface area contributed by atoms with Gasteiger partial charge in [-0.05, 0) is 18.4 Å². The number of methoxy groups -OCH3 is 1. The molecule has 1 N–H and O–H groups in total. The predicted octanol–water partition coefficient (Wildman–Crippen LogP) is 1.60. The van der Waals surface area contributed by atoms with Gasteiger partial charge in [0.2, 0.25) is 0 Å². The normalized spacial score (nSPS) is 30.5. The van der Waals surface area contributed by atoms with Crippen molar-refractivity contribution in [2.24, 2.45) is 0 Å². The third-order valence-corrected chi connectivity index (χ3v) is 3.49. The summed E-state index contributed by atoms with van der Waals surface area (Å²) in [6.07, 6.45) is 2.20. The molecule has 0 bridgehead atoms. The molecule has 0 heterocycles. The van der Waals surface area contributed by atoms with Gasteiger partial charge >= 0.3 is 5.97 Å². The molecule has 3 nitrogen and oxygen atoms in total. The third-order valence-electron chi connectivity index (χ3n) is 2.25. The van der Waals surface area contributed by atoms with Crippen molar-refractivity contribution in [3.8, 4) is 0 Å². The Labute approximate surface area is 97.0 Å². The van der Waals surface area contributed by atoms with Crippen LogP contribution in [0.15, 0.2) is 23.8 Å². The number of alkyl halides is 1. The number of rotatable bonds is 1. The number of carbonyl (C=O) groups is 1. The van der Waals surface area contributed by atoms with Gasteiger partial charge in [0.05, 0.1) is 13.2 Å². The summed E-state index contributed by atoms with van der Waals surface area (Å²) in [5.74, 6) is -0.358. The van der Waals surface area contributed by atoms with Crippen molar-refractivity contribution < 1.29 is 14.6 Å². The van der Waals surface area contributed by atoms with Crippen LogP contribution < -0.4 is 0 Å². The summed E-state index contributed by atoms with van der Waals surface area (Å²) in [5, 5.41) is 9.61. The maximum atomic E-state index is 11.0. The Morgan fingerprint density at radius 3 is 2.86 bits per heavy atom. The lowest BCUT2D eigenvalue weighted by Crippen LogP contribution is -2.24. The quantitative estimate of drug-likeness (QED) is 0.263. The van der Waals surface area contributed by atoms with Crippen LogP contribution in [-0.2, 0) is 9.53 Å². The van der Waals surface area contributed by atoms with Gasteiger partial charge in [-0.3, -0.25) is 0 Å². The highest BCUT2D eigenvalue weighted by atomic mass is 127. The average Bonchev–Trinajstić information content (AvgIpc) is 2.14. The summed E-state index contributed by atoms with van der Waals surface area (Å²) in [6, 6.07) is 0. The Morgan fingerprint density at radius 1 is 1.71 bits per heavy atom. The molecule has 0 unspecified atom stereocenters. The van der Waals surface area contributed by atoms with Crippen LogP contribution in [0.25, 0.3) is 0 Å². The highest BCUT2D eigenvalue weighted by Crippen LogP contribution is 2.32. The molecule has 0 saturated heterocycles. The predicted molar refractivity (Wildman–Crippen MR) is 62.3 cm³/mol. The number of hydrogen-bond acceptors (Lipinski definition) is 3. The summed E-state index contributed by atoms with van der Waals surface area (Å²) in [6.45, 7) is 3.81. The molecule has 0 aliphatic heterocycles. The van der Waals surface area contributed by atoms with E-state index in [1.807, 2.05) is 0 Å². The Balaban J connectivity index is 2.71. The van der Waals surface area contributed by atoms with Crippen LogP contribution in [-0.4, -0.2) is 28.2 Å². The van der Waals surface area contributed by atoms with E-state index < -0.39 is 6.10 Å². The fourth-order valence-corrected chi connectivity index (χ4v) is 2.36. The molecular weight excluding hydrogens is 295 g/mol. The Morgan fingerprint density at radius 2 is 2.36 bits per heavy atom. The molecule has 2 atom stereocenters. The van der Waals surface area contributed by atoms with E-state index in [4.69, 9.17) is 0 Å². The maximum Gasteiger partial charge on any atom is 0.330 e. The molecule has 0 amide bonds. The van der Waals surface area contributed by atoms with Gasteiger partial charge in [-0.15, -0.1) is 0 Å². The van der Waals surface area contributed by atoms with Crippen LogP contribution in [0.3, 0.4) is 0 Å². The molecule has 0 aromatic rings. The average molecular weight is 308 g/mol. The van der Waals surface area contributed by atoms with Crippen LogP contribution in [0.2, 0.25) is 0 Å². The van der Waals surface area contributed by atoms with Gasteiger partial charge in [-0.25, -0.2) is 4.79 Å². The molecule has 1 aliphatic rings. The van der Waals surface area contributed by atoms with Crippen molar-refractivity contribution in [3.05, 3.63) is 23.8 Å². The maximum absolute atomic E-state index is 11.0. The largest absolute Gasteiger partial charge is 0.466 e. The number of esters is 1. The Hall–Kier alpha value is -0.360. The molecule has 0 spiro atoms. The van der Waals surface area contributed by atoms with Crippen LogP contribution in [0.4, 0.5) is 0 Å². The highest BCUT2D eigenvalue weighted by molar-refractivity contribution is 14.1. The van der Waals surface area contributed by atoms with Gasteiger partial charge in [-0.2, -0.15) is 0 Å². The molecule has 1 aliphatic carbocycles.